The van der Waals surface area contributed by atoms with Gasteiger partial charge in [0.2, 0.25) is 15.9 Å². The summed E-state index contributed by atoms with van der Waals surface area (Å²) in [5.74, 6) is 0.123. The summed E-state index contributed by atoms with van der Waals surface area (Å²) >= 11 is 0. The highest BCUT2D eigenvalue weighted by atomic mass is 32.2. The van der Waals surface area contributed by atoms with Gasteiger partial charge in [0.05, 0.1) is 19.3 Å². The van der Waals surface area contributed by atoms with Gasteiger partial charge >= 0.3 is 0 Å². The molecule has 0 saturated heterocycles. The molecule has 6 heteroatoms. The molecule has 5 nitrogen and oxygen atoms in total. The van der Waals surface area contributed by atoms with E-state index in [-0.39, 0.29) is 12.5 Å². The summed E-state index contributed by atoms with van der Waals surface area (Å²) in [6.07, 6.45) is 1.87. The molecule has 0 unspecified atom stereocenters. The van der Waals surface area contributed by atoms with Crippen LogP contribution in [0.3, 0.4) is 0 Å². The van der Waals surface area contributed by atoms with Crippen LogP contribution < -0.4 is 4.90 Å². The minimum absolute atomic E-state index is 0.159. The van der Waals surface area contributed by atoms with Crippen molar-refractivity contribution in [3.05, 3.63) is 66.2 Å². The quantitative estimate of drug-likeness (QED) is 0.660. The van der Waals surface area contributed by atoms with Crippen LogP contribution in [0.25, 0.3) is 0 Å². The first kappa shape index (κ1) is 21.1. The Labute approximate surface area is 162 Å². The predicted molar refractivity (Wildman–Crippen MR) is 110 cm³/mol. The number of hydrogen-bond acceptors (Lipinski definition) is 3. The van der Waals surface area contributed by atoms with Crippen molar-refractivity contribution in [2.75, 3.05) is 24.2 Å². The Kier molecular flexibility index (Phi) is 7.56. The number of rotatable bonds is 9. The molecule has 0 aliphatic heterocycles. The molecule has 0 spiro atoms. The molecule has 2 aromatic carbocycles. The summed E-state index contributed by atoms with van der Waals surface area (Å²) in [5, 5.41) is 0. The summed E-state index contributed by atoms with van der Waals surface area (Å²) in [5.41, 5.74) is 1.74. The third-order valence-corrected chi connectivity index (χ3v) is 5.54. The van der Waals surface area contributed by atoms with E-state index < -0.39 is 10.0 Å². The van der Waals surface area contributed by atoms with Crippen molar-refractivity contribution >= 4 is 21.6 Å². The lowest BCUT2D eigenvalue weighted by Crippen LogP contribution is -2.43. The second-order valence-electron chi connectivity index (χ2n) is 7.08. The standard InChI is InChI=1S/C21H28N2O3S/c1-18(2)14-15-22(27(3,25)26)17-21(24)23(20-12-8-5-9-13-20)16-19-10-6-4-7-11-19/h4-13,18H,14-17H2,1-3H3. The van der Waals surface area contributed by atoms with Crippen LogP contribution in [0.2, 0.25) is 0 Å². The van der Waals surface area contributed by atoms with Gasteiger partial charge in [-0.3, -0.25) is 4.79 Å². The van der Waals surface area contributed by atoms with E-state index in [1.165, 1.54) is 4.31 Å². The van der Waals surface area contributed by atoms with E-state index in [1.54, 1.807) is 4.90 Å². The van der Waals surface area contributed by atoms with Crippen LogP contribution >= 0.6 is 0 Å². The second kappa shape index (κ2) is 9.67. The van der Waals surface area contributed by atoms with Crippen molar-refractivity contribution in [2.24, 2.45) is 5.92 Å². The number of nitrogens with zero attached hydrogens (tertiary/aromatic N) is 2. The van der Waals surface area contributed by atoms with Gasteiger partial charge in [-0.2, -0.15) is 4.31 Å². The fourth-order valence-corrected chi connectivity index (χ4v) is 3.48. The maximum Gasteiger partial charge on any atom is 0.242 e. The van der Waals surface area contributed by atoms with Crippen LogP contribution in [-0.2, 0) is 21.4 Å². The Balaban J connectivity index is 2.24. The molecule has 1 amide bonds. The minimum Gasteiger partial charge on any atom is -0.307 e. The van der Waals surface area contributed by atoms with Gasteiger partial charge in [-0.1, -0.05) is 62.4 Å². The fourth-order valence-electron chi connectivity index (χ4n) is 2.70. The molecule has 0 aliphatic carbocycles. The molecule has 0 aromatic heterocycles. The van der Waals surface area contributed by atoms with Gasteiger partial charge in [0, 0.05) is 12.2 Å². The monoisotopic (exact) mass is 388 g/mol. The molecular weight excluding hydrogens is 360 g/mol. The first-order chi connectivity index (χ1) is 12.8. The zero-order chi connectivity index (χ0) is 19.9. The highest BCUT2D eigenvalue weighted by Crippen LogP contribution is 2.18. The lowest BCUT2D eigenvalue weighted by atomic mass is 10.1. The number of para-hydroxylation sites is 1. The molecule has 27 heavy (non-hydrogen) atoms. The molecule has 0 atom stereocenters. The molecule has 0 saturated carbocycles. The van der Waals surface area contributed by atoms with Crippen molar-refractivity contribution in [1.82, 2.24) is 4.31 Å². The van der Waals surface area contributed by atoms with Gasteiger partial charge in [-0.25, -0.2) is 8.42 Å². The van der Waals surface area contributed by atoms with Crippen molar-refractivity contribution in [1.29, 1.82) is 0 Å². The summed E-state index contributed by atoms with van der Waals surface area (Å²) < 4.78 is 25.6. The number of amides is 1. The van der Waals surface area contributed by atoms with E-state index in [0.29, 0.717) is 25.4 Å². The van der Waals surface area contributed by atoms with Crippen molar-refractivity contribution in [3.8, 4) is 0 Å². The molecule has 0 heterocycles. The first-order valence-electron chi connectivity index (χ1n) is 9.12. The summed E-state index contributed by atoms with van der Waals surface area (Å²) in [7, 11) is -3.46. The maximum absolute atomic E-state index is 13.1. The van der Waals surface area contributed by atoms with Gasteiger partial charge < -0.3 is 4.90 Å². The van der Waals surface area contributed by atoms with Crippen molar-refractivity contribution < 1.29 is 13.2 Å². The zero-order valence-electron chi connectivity index (χ0n) is 16.2. The van der Waals surface area contributed by atoms with Crippen molar-refractivity contribution in [2.45, 2.75) is 26.8 Å². The first-order valence-corrected chi connectivity index (χ1v) is 11.0. The van der Waals surface area contributed by atoms with Crippen LogP contribution in [-0.4, -0.2) is 38.0 Å². The third kappa shape index (κ3) is 6.81. The molecular formula is C21H28N2O3S. The van der Waals surface area contributed by atoms with Crippen LogP contribution in [0.1, 0.15) is 25.8 Å². The Morgan fingerprint density at radius 3 is 2.04 bits per heavy atom. The van der Waals surface area contributed by atoms with Gasteiger partial charge in [0.25, 0.3) is 0 Å². The van der Waals surface area contributed by atoms with E-state index in [2.05, 4.69) is 0 Å². The number of carbonyl (C=O) groups is 1. The third-order valence-electron chi connectivity index (χ3n) is 4.29. The predicted octanol–water partition coefficient (Wildman–Crippen LogP) is 3.53. The van der Waals surface area contributed by atoms with Crippen LogP contribution in [0.15, 0.2) is 60.7 Å². The van der Waals surface area contributed by atoms with Gasteiger partial charge in [0.15, 0.2) is 0 Å². The number of anilines is 1. The fraction of sp³-hybridized carbons (Fsp3) is 0.381. The SMILES string of the molecule is CC(C)CCN(CC(=O)N(Cc1ccccc1)c1ccccc1)S(C)(=O)=O. The largest absolute Gasteiger partial charge is 0.307 e. The number of benzene rings is 2. The molecule has 2 aromatic rings. The average Bonchev–Trinajstić information content (AvgIpc) is 2.63. The lowest BCUT2D eigenvalue weighted by Gasteiger charge is -2.27. The Morgan fingerprint density at radius 2 is 1.52 bits per heavy atom. The van der Waals surface area contributed by atoms with E-state index in [4.69, 9.17) is 0 Å². The zero-order valence-corrected chi connectivity index (χ0v) is 17.0. The number of carbonyl (C=O) groups excluding carboxylic acids is 1. The smallest absolute Gasteiger partial charge is 0.242 e. The van der Waals surface area contributed by atoms with Crippen molar-refractivity contribution in [3.63, 3.8) is 0 Å². The van der Waals surface area contributed by atoms with Crippen LogP contribution in [0, 0.1) is 5.92 Å². The molecule has 0 N–H and O–H groups in total. The Hall–Kier alpha value is -2.18. The van der Waals surface area contributed by atoms with E-state index >= 15 is 0 Å². The van der Waals surface area contributed by atoms with Crippen LogP contribution in [0.5, 0.6) is 0 Å². The van der Waals surface area contributed by atoms with Gasteiger partial charge in [0.1, 0.15) is 0 Å². The Bertz CT molecular complexity index is 821. The molecule has 0 fully saturated rings. The normalized spacial score (nSPS) is 11.7. The molecule has 146 valence electrons. The molecule has 0 radical (unpaired) electrons. The summed E-state index contributed by atoms with van der Waals surface area (Å²) in [6.45, 7) is 4.65. The van der Waals surface area contributed by atoms with E-state index in [0.717, 1.165) is 17.5 Å². The molecule has 0 aliphatic rings. The highest BCUT2D eigenvalue weighted by Gasteiger charge is 2.24. The van der Waals surface area contributed by atoms with E-state index in [9.17, 15) is 13.2 Å². The van der Waals surface area contributed by atoms with Gasteiger partial charge in [-0.15, -0.1) is 0 Å². The highest BCUT2D eigenvalue weighted by molar-refractivity contribution is 7.88. The minimum atomic E-state index is -3.46. The van der Waals surface area contributed by atoms with Crippen LogP contribution in [0.4, 0.5) is 5.69 Å². The molecule has 0 bridgehead atoms. The summed E-state index contributed by atoms with van der Waals surface area (Å²) in [4.78, 5) is 14.7. The average molecular weight is 389 g/mol. The summed E-state index contributed by atoms with van der Waals surface area (Å²) in [6, 6.07) is 19.0. The lowest BCUT2D eigenvalue weighted by molar-refractivity contribution is -0.119. The second-order valence-corrected chi connectivity index (χ2v) is 9.06. The number of hydrogen-bond donors (Lipinski definition) is 0. The molecule has 2 rings (SSSR count). The van der Waals surface area contributed by atoms with E-state index in [1.807, 2.05) is 74.5 Å². The Morgan fingerprint density at radius 1 is 0.963 bits per heavy atom. The van der Waals surface area contributed by atoms with Gasteiger partial charge in [-0.05, 0) is 30.0 Å². The topological polar surface area (TPSA) is 57.7 Å². The maximum atomic E-state index is 13.1. The number of sulfonamides is 1.